The van der Waals surface area contributed by atoms with Gasteiger partial charge in [0.2, 0.25) is 0 Å². The number of allylic oxidation sites excluding steroid dienone is 6. The van der Waals surface area contributed by atoms with E-state index in [0.717, 1.165) is 4.91 Å². The fourth-order valence-corrected chi connectivity index (χ4v) is 3.54. The lowest BCUT2D eigenvalue weighted by Crippen LogP contribution is -2.05. The third-order valence-electron chi connectivity index (χ3n) is 2.33. The van der Waals surface area contributed by atoms with Gasteiger partial charge in [-0.2, -0.15) is 0 Å². The van der Waals surface area contributed by atoms with E-state index in [9.17, 15) is 0 Å². The Bertz CT molecular complexity index is 492. The zero-order valence-corrected chi connectivity index (χ0v) is 14.3. The predicted octanol–water partition coefficient (Wildman–Crippen LogP) is 6.43. The molecule has 0 nitrogen and oxygen atoms in total. The van der Waals surface area contributed by atoms with Crippen molar-refractivity contribution in [3.05, 3.63) is 90.3 Å². The first-order chi connectivity index (χ1) is 10.1. The first-order valence-electron chi connectivity index (χ1n) is 7.18. The van der Waals surface area contributed by atoms with E-state index >= 15 is 0 Å². The molecule has 0 spiro atoms. The SMILES string of the molecule is C=C/C=C\C(=C)[S+](/C(C)=C/C=C)c1ccccc1.CCC. The largest absolute Gasteiger partial charge is 0.166 e. The Morgan fingerprint density at radius 2 is 1.67 bits per heavy atom. The van der Waals surface area contributed by atoms with Crippen LogP contribution in [0.2, 0.25) is 0 Å². The van der Waals surface area contributed by atoms with Gasteiger partial charge in [-0.3, -0.25) is 0 Å². The van der Waals surface area contributed by atoms with Crippen molar-refractivity contribution >= 4 is 10.9 Å². The van der Waals surface area contributed by atoms with Gasteiger partial charge in [-0.1, -0.05) is 69.9 Å². The zero-order chi connectivity index (χ0) is 16.1. The smallest absolute Gasteiger partial charge is 0.0991 e. The van der Waals surface area contributed by atoms with Gasteiger partial charge in [0.25, 0.3) is 0 Å². The van der Waals surface area contributed by atoms with Crippen molar-refractivity contribution in [3.8, 4) is 0 Å². The van der Waals surface area contributed by atoms with Crippen LogP contribution >= 0.6 is 0 Å². The quantitative estimate of drug-likeness (QED) is 0.419. The van der Waals surface area contributed by atoms with Crippen LogP contribution in [0.4, 0.5) is 0 Å². The summed E-state index contributed by atoms with van der Waals surface area (Å²) in [6.45, 7) is 18.0. The molecule has 0 saturated carbocycles. The van der Waals surface area contributed by atoms with E-state index in [1.165, 1.54) is 16.2 Å². The Balaban J connectivity index is 0.00000122. The zero-order valence-electron chi connectivity index (χ0n) is 13.5. The monoisotopic (exact) mass is 299 g/mol. The van der Waals surface area contributed by atoms with Crippen molar-refractivity contribution in [2.45, 2.75) is 32.1 Å². The Kier molecular flexibility index (Phi) is 11.1. The van der Waals surface area contributed by atoms with Crippen molar-refractivity contribution in [2.75, 3.05) is 0 Å². The fraction of sp³-hybridized carbons (Fsp3) is 0.200. The lowest BCUT2D eigenvalue weighted by atomic mass is 10.4. The Morgan fingerprint density at radius 3 is 2.14 bits per heavy atom. The van der Waals surface area contributed by atoms with Gasteiger partial charge in [-0.25, -0.2) is 0 Å². The first-order valence-corrected chi connectivity index (χ1v) is 8.41. The standard InChI is InChI=1S/C17H19S.C3H8/c1-5-7-12-16(4)18(15(3)11-6-2)17-13-9-8-10-14-17;1-3-2/h5-14H,1-2,4H2,3H3;3H2,1-2H3/q+1;/b12-7-,15-11+;. The minimum absolute atomic E-state index is 0.118. The maximum atomic E-state index is 4.17. The first kappa shape index (κ1) is 19.3. The second kappa shape index (κ2) is 12.0. The summed E-state index contributed by atoms with van der Waals surface area (Å²) >= 11 is 0. The minimum Gasteiger partial charge on any atom is -0.0991 e. The van der Waals surface area contributed by atoms with Gasteiger partial charge in [0.15, 0.2) is 9.80 Å². The highest BCUT2D eigenvalue weighted by Crippen LogP contribution is 2.28. The van der Waals surface area contributed by atoms with Crippen LogP contribution in [0.5, 0.6) is 0 Å². The summed E-state index contributed by atoms with van der Waals surface area (Å²) in [7, 11) is -0.118. The molecule has 0 aliphatic heterocycles. The molecule has 0 saturated heterocycles. The highest BCUT2D eigenvalue weighted by molar-refractivity contribution is 8.04. The molecule has 1 atom stereocenters. The molecule has 0 heterocycles. The van der Waals surface area contributed by atoms with Gasteiger partial charge in [0.05, 0.1) is 10.9 Å². The lowest BCUT2D eigenvalue weighted by molar-refractivity contribution is 1.09. The van der Waals surface area contributed by atoms with Crippen LogP contribution in [0.15, 0.2) is 95.2 Å². The third kappa shape index (κ3) is 7.57. The fourth-order valence-electron chi connectivity index (χ4n) is 1.58. The molecule has 0 aliphatic rings. The summed E-state index contributed by atoms with van der Waals surface area (Å²) < 4.78 is 0. The van der Waals surface area contributed by atoms with E-state index in [1.54, 1.807) is 6.08 Å². The molecule has 21 heavy (non-hydrogen) atoms. The number of rotatable bonds is 6. The molecular weight excluding hydrogens is 272 g/mol. The molecule has 0 radical (unpaired) electrons. The van der Waals surface area contributed by atoms with Crippen LogP contribution in [0, 0.1) is 0 Å². The predicted molar refractivity (Wildman–Crippen MR) is 100 cm³/mol. The molecule has 0 amide bonds. The summed E-state index contributed by atoms with van der Waals surface area (Å²) in [6.07, 6.45) is 10.8. The maximum absolute atomic E-state index is 4.17. The van der Waals surface area contributed by atoms with Crippen molar-refractivity contribution < 1.29 is 0 Å². The second-order valence-corrected chi connectivity index (χ2v) is 6.65. The number of hydrogen-bond acceptors (Lipinski definition) is 0. The summed E-state index contributed by atoms with van der Waals surface area (Å²) in [5, 5.41) is 0. The van der Waals surface area contributed by atoms with E-state index in [4.69, 9.17) is 0 Å². The van der Waals surface area contributed by atoms with Gasteiger partial charge in [0, 0.05) is 6.92 Å². The van der Waals surface area contributed by atoms with Gasteiger partial charge >= 0.3 is 0 Å². The molecule has 1 rings (SSSR count). The molecule has 0 bridgehead atoms. The Labute approximate surface area is 133 Å². The molecule has 112 valence electrons. The van der Waals surface area contributed by atoms with Crippen LogP contribution in [0.1, 0.15) is 27.2 Å². The molecule has 1 heteroatoms. The molecular formula is C20H27S+. The molecule has 1 unspecified atom stereocenters. The molecule has 0 aliphatic carbocycles. The van der Waals surface area contributed by atoms with Crippen LogP contribution < -0.4 is 0 Å². The molecule has 0 aromatic heterocycles. The summed E-state index contributed by atoms with van der Waals surface area (Å²) in [5.74, 6) is 0. The van der Waals surface area contributed by atoms with E-state index in [0.29, 0.717) is 0 Å². The van der Waals surface area contributed by atoms with E-state index in [1.807, 2.05) is 30.4 Å². The van der Waals surface area contributed by atoms with Gasteiger partial charge in [0.1, 0.15) is 4.91 Å². The number of hydrogen-bond donors (Lipinski definition) is 0. The van der Waals surface area contributed by atoms with Crippen LogP contribution in [0.25, 0.3) is 0 Å². The topological polar surface area (TPSA) is 0 Å². The highest BCUT2D eigenvalue weighted by atomic mass is 32.2. The van der Waals surface area contributed by atoms with Crippen molar-refractivity contribution in [1.82, 2.24) is 0 Å². The summed E-state index contributed by atoms with van der Waals surface area (Å²) in [5.41, 5.74) is 0. The molecule has 1 aromatic carbocycles. The summed E-state index contributed by atoms with van der Waals surface area (Å²) in [4.78, 5) is 3.61. The van der Waals surface area contributed by atoms with Crippen LogP contribution in [0.3, 0.4) is 0 Å². The van der Waals surface area contributed by atoms with E-state index in [-0.39, 0.29) is 10.9 Å². The molecule has 1 aromatic rings. The second-order valence-electron chi connectivity index (χ2n) is 4.40. The average molecular weight is 300 g/mol. The van der Waals surface area contributed by atoms with Crippen molar-refractivity contribution in [2.24, 2.45) is 0 Å². The van der Waals surface area contributed by atoms with Crippen LogP contribution in [-0.4, -0.2) is 0 Å². The van der Waals surface area contributed by atoms with Crippen molar-refractivity contribution in [1.29, 1.82) is 0 Å². The average Bonchev–Trinajstić information content (AvgIpc) is 2.47. The Morgan fingerprint density at radius 1 is 1.10 bits per heavy atom. The molecule has 0 fully saturated rings. The molecule has 0 N–H and O–H groups in total. The van der Waals surface area contributed by atoms with E-state index < -0.39 is 0 Å². The van der Waals surface area contributed by atoms with Crippen molar-refractivity contribution in [3.63, 3.8) is 0 Å². The third-order valence-corrected chi connectivity index (χ3v) is 4.52. The minimum atomic E-state index is -0.118. The highest BCUT2D eigenvalue weighted by Gasteiger charge is 2.27. The van der Waals surface area contributed by atoms with Gasteiger partial charge < -0.3 is 0 Å². The summed E-state index contributed by atoms with van der Waals surface area (Å²) in [6, 6.07) is 10.4. The van der Waals surface area contributed by atoms with E-state index in [2.05, 4.69) is 64.8 Å². The maximum Gasteiger partial charge on any atom is 0.166 e. The van der Waals surface area contributed by atoms with Gasteiger partial charge in [-0.05, 0) is 30.9 Å². The van der Waals surface area contributed by atoms with Gasteiger partial charge in [-0.15, -0.1) is 0 Å². The Hall–Kier alpha value is -1.73. The van der Waals surface area contributed by atoms with Crippen LogP contribution in [-0.2, 0) is 10.9 Å². The lowest BCUT2D eigenvalue weighted by Gasteiger charge is -2.07. The number of benzene rings is 1. The normalized spacial score (nSPS) is 12.2.